The Bertz CT molecular complexity index is 1320. The lowest BCUT2D eigenvalue weighted by Gasteiger charge is -2.31. The second-order valence-electron chi connectivity index (χ2n) is 10.8. The standard InChI is InChI=1S/C27H30F5N3O3/c1-15(12-26(5,6)35-24(36)38-25(2,3)4)13-37-22-8-7-16(9-18(22)27(30,31)32)23-17-10-19(28)20(29)11-21(17)33-14-34-23/h7-11,14-15H,12-13H2,1-6H3,(H,35,36)/t15-/m0/s1. The molecule has 1 aromatic heterocycles. The van der Waals surface area contributed by atoms with E-state index in [1.165, 1.54) is 12.1 Å². The van der Waals surface area contributed by atoms with Gasteiger partial charge in [0.05, 0.1) is 23.4 Å². The first-order valence-corrected chi connectivity index (χ1v) is 11.9. The van der Waals surface area contributed by atoms with Crippen molar-refractivity contribution in [2.45, 2.75) is 65.3 Å². The quantitative estimate of drug-likeness (QED) is 0.319. The summed E-state index contributed by atoms with van der Waals surface area (Å²) < 4.78 is 80.2. The Hall–Kier alpha value is -3.50. The summed E-state index contributed by atoms with van der Waals surface area (Å²) in [7, 11) is 0. The van der Waals surface area contributed by atoms with Gasteiger partial charge in [-0.15, -0.1) is 0 Å². The van der Waals surface area contributed by atoms with Gasteiger partial charge in [-0.25, -0.2) is 23.5 Å². The summed E-state index contributed by atoms with van der Waals surface area (Å²) >= 11 is 0. The number of halogens is 5. The molecule has 0 unspecified atom stereocenters. The largest absolute Gasteiger partial charge is 0.493 e. The van der Waals surface area contributed by atoms with Crippen LogP contribution in [0.3, 0.4) is 0 Å². The fourth-order valence-corrected chi connectivity index (χ4v) is 4.10. The summed E-state index contributed by atoms with van der Waals surface area (Å²) in [5.41, 5.74) is -2.29. The van der Waals surface area contributed by atoms with Crippen LogP contribution in [0, 0.1) is 17.6 Å². The van der Waals surface area contributed by atoms with Gasteiger partial charge in [0, 0.05) is 22.6 Å². The second kappa shape index (κ2) is 10.7. The summed E-state index contributed by atoms with van der Waals surface area (Å²) in [6.07, 6.45) is -3.88. The lowest BCUT2D eigenvalue weighted by atomic mass is 9.92. The van der Waals surface area contributed by atoms with Crippen molar-refractivity contribution in [1.82, 2.24) is 15.3 Å². The minimum absolute atomic E-state index is 0.0225. The van der Waals surface area contributed by atoms with E-state index in [9.17, 15) is 26.7 Å². The van der Waals surface area contributed by atoms with Crippen molar-refractivity contribution in [3.8, 4) is 17.0 Å². The van der Waals surface area contributed by atoms with Crippen LogP contribution in [0.2, 0.25) is 0 Å². The number of alkyl halides is 3. The maximum absolute atomic E-state index is 14.0. The summed E-state index contributed by atoms with van der Waals surface area (Å²) in [6, 6.07) is 5.11. The number of alkyl carbamates (subject to hydrolysis) is 1. The first-order valence-electron chi connectivity index (χ1n) is 11.9. The van der Waals surface area contributed by atoms with E-state index >= 15 is 0 Å². The lowest BCUT2D eigenvalue weighted by Crippen LogP contribution is -2.47. The minimum atomic E-state index is -4.76. The SMILES string of the molecule is C[C@H](COc1ccc(-c2ncnc3cc(F)c(F)cc23)cc1C(F)(F)F)CC(C)(C)NC(=O)OC(C)(C)C. The summed E-state index contributed by atoms with van der Waals surface area (Å²) in [5.74, 6) is -2.91. The average Bonchev–Trinajstić information content (AvgIpc) is 2.75. The monoisotopic (exact) mass is 539 g/mol. The predicted molar refractivity (Wildman–Crippen MR) is 133 cm³/mol. The molecule has 206 valence electrons. The van der Waals surface area contributed by atoms with Gasteiger partial charge in [-0.3, -0.25) is 0 Å². The summed E-state index contributed by atoms with van der Waals surface area (Å²) in [4.78, 5) is 20.0. The normalized spacial score (nSPS) is 13.3. The van der Waals surface area contributed by atoms with Crippen molar-refractivity contribution >= 4 is 17.0 Å². The number of rotatable bonds is 7. The van der Waals surface area contributed by atoms with Crippen molar-refractivity contribution < 1.29 is 36.2 Å². The number of nitrogens with one attached hydrogen (secondary N) is 1. The molecule has 0 bridgehead atoms. The van der Waals surface area contributed by atoms with Crippen LogP contribution < -0.4 is 10.1 Å². The van der Waals surface area contributed by atoms with Crippen LogP contribution in [0.25, 0.3) is 22.2 Å². The van der Waals surface area contributed by atoms with E-state index in [0.717, 1.165) is 24.5 Å². The summed E-state index contributed by atoms with van der Waals surface area (Å²) in [6.45, 7) is 10.5. The molecule has 11 heteroatoms. The van der Waals surface area contributed by atoms with E-state index in [2.05, 4.69) is 15.3 Å². The third-order valence-electron chi connectivity index (χ3n) is 5.46. The molecule has 0 fully saturated rings. The molecule has 1 heterocycles. The van der Waals surface area contributed by atoms with Crippen molar-refractivity contribution in [2.75, 3.05) is 6.61 Å². The fraction of sp³-hybridized carbons (Fsp3) is 0.444. The second-order valence-corrected chi connectivity index (χ2v) is 10.8. The van der Waals surface area contributed by atoms with Gasteiger partial charge in [0.2, 0.25) is 0 Å². The molecule has 6 nitrogen and oxygen atoms in total. The molecule has 1 atom stereocenters. The van der Waals surface area contributed by atoms with Gasteiger partial charge < -0.3 is 14.8 Å². The fourth-order valence-electron chi connectivity index (χ4n) is 4.10. The zero-order chi connectivity index (χ0) is 28.5. The van der Waals surface area contributed by atoms with Crippen LogP contribution in [0.15, 0.2) is 36.7 Å². The van der Waals surface area contributed by atoms with Gasteiger partial charge in [-0.05, 0) is 71.2 Å². The van der Waals surface area contributed by atoms with Gasteiger partial charge in [-0.2, -0.15) is 13.2 Å². The number of carbonyl (C=O) groups is 1. The van der Waals surface area contributed by atoms with E-state index in [4.69, 9.17) is 9.47 Å². The van der Waals surface area contributed by atoms with Gasteiger partial charge in [0.25, 0.3) is 0 Å². The molecule has 38 heavy (non-hydrogen) atoms. The molecule has 3 rings (SSSR count). The molecule has 0 aliphatic carbocycles. The van der Waals surface area contributed by atoms with Crippen LogP contribution in [0.4, 0.5) is 26.7 Å². The number of carbonyl (C=O) groups excluding carboxylic acids is 1. The van der Waals surface area contributed by atoms with Crippen LogP contribution in [0.5, 0.6) is 5.75 Å². The number of hydrogen-bond acceptors (Lipinski definition) is 5. The number of benzene rings is 2. The van der Waals surface area contributed by atoms with E-state index in [1.54, 1.807) is 41.5 Å². The molecule has 1 amide bonds. The Kier molecular flexibility index (Phi) is 8.18. The average molecular weight is 540 g/mol. The molecular weight excluding hydrogens is 509 g/mol. The highest BCUT2D eigenvalue weighted by Crippen LogP contribution is 2.40. The number of fused-ring (bicyclic) bond motifs is 1. The molecule has 0 saturated carbocycles. The lowest BCUT2D eigenvalue weighted by molar-refractivity contribution is -0.139. The number of hydrogen-bond donors (Lipinski definition) is 1. The van der Waals surface area contributed by atoms with Crippen LogP contribution in [-0.2, 0) is 10.9 Å². The van der Waals surface area contributed by atoms with Crippen molar-refractivity contribution in [2.24, 2.45) is 5.92 Å². The van der Waals surface area contributed by atoms with Gasteiger partial charge in [-0.1, -0.05) is 6.92 Å². The van der Waals surface area contributed by atoms with Crippen LogP contribution in [-0.4, -0.2) is 33.8 Å². The highest BCUT2D eigenvalue weighted by molar-refractivity contribution is 5.92. The molecule has 0 radical (unpaired) electrons. The maximum atomic E-state index is 14.0. The smallest absolute Gasteiger partial charge is 0.419 e. The van der Waals surface area contributed by atoms with Gasteiger partial charge >= 0.3 is 12.3 Å². The Morgan fingerprint density at radius 1 is 1.00 bits per heavy atom. The topological polar surface area (TPSA) is 73.3 Å². The van der Waals surface area contributed by atoms with Crippen molar-refractivity contribution in [1.29, 1.82) is 0 Å². The first-order chi connectivity index (χ1) is 17.4. The van der Waals surface area contributed by atoms with E-state index in [0.29, 0.717) is 6.42 Å². The molecule has 3 aromatic rings. The molecule has 0 spiro atoms. The zero-order valence-electron chi connectivity index (χ0n) is 22.0. The molecule has 0 aliphatic rings. The number of nitrogens with zero attached hydrogens (tertiary/aromatic N) is 2. The highest BCUT2D eigenvalue weighted by Gasteiger charge is 2.35. The van der Waals surface area contributed by atoms with Crippen molar-refractivity contribution in [3.63, 3.8) is 0 Å². The first kappa shape index (κ1) is 29.1. The molecule has 2 aromatic carbocycles. The van der Waals surface area contributed by atoms with E-state index in [-0.39, 0.29) is 40.4 Å². The highest BCUT2D eigenvalue weighted by atomic mass is 19.4. The van der Waals surface area contributed by atoms with Gasteiger partial charge in [0.15, 0.2) is 11.6 Å². The third kappa shape index (κ3) is 7.52. The molecule has 0 saturated heterocycles. The Morgan fingerprint density at radius 2 is 1.66 bits per heavy atom. The Labute approximate surface area is 217 Å². The summed E-state index contributed by atoms with van der Waals surface area (Å²) in [5, 5.41) is 2.84. The Balaban J connectivity index is 1.80. The third-order valence-corrected chi connectivity index (χ3v) is 5.46. The molecular formula is C27H30F5N3O3. The molecule has 0 aliphatic heterocycles. The van der Waals surface area contributed by atoms with E-state index < -0.39 is 40.6 Å². The van der Waals surface area contributed by atoms with Crippen LogP contribution >= 0.6 is 0 Å². The molecule has 1 N–H and O–H groups in total. The number of amides is 1. The van der Waals surface area contributed by atoms with Crippen LogP contribution in [0.1, 0.15) is 53.5 Å². The minimum Gasteiger partial charge on any atom is -0.493 e. The zero-order valence-corrected chi connectivity index (χ0v) is 22.0. The number of aromatic nitrogens is 2. The Morgan fingerprint density at radius 3 is 2.29 bits per heavy atom. The van der Waals surface area contributed by atoms with Crippen molar-refractivity contribution in [3.05, 3.63) is 53.9 Å². The predicted octanol–water partition coefficient (Wildman–Crippen LogP) is 7.30. The van der Waals surface area contributed by atoms with Gasteiger partial charge in [0.1, 0.15) is 17.7 Å². The maximum Gasteiger partial charge on any atom is 0.419 e. The van der Waals surface area contributed by atoms with E-state index in [1.807, 2.05) is 0 Å². The number of ether oxygens (including phenoxy) is 2.